The van der Waals surface area contributed by atoms with Gasteiger partial charge < -0.3 is 14.4 Å². The molecular weight excluding hydrogens is 228 g/mol. The van der Waals surface area contributed by atoms with Crippen LogP contribution in [0.5, 0.6) is 0 Å². The lowest BCUT2D eigenvalue weighted by Crippen LogP contribution is -2.49. The van der Waals surface area contributed by atoms with E-state index in [1.165, 1.54) is 5.56 Å². The highest BCUT2D eigenvalue weighted by molar-refractivity contribution is 5.05. The van der Waals surface area contributed by atoms with Crippen LogP contribution in [0.15, 0.2) is 23.0 Å². The number of aliphatic hydroxyl groups excluding tert-OH is 1. The van der Waals surface area contributed by atoms with Crippen molar-refractivity contribution in [1.82, 2.24) is 9.80 Å². The Labute approximate surface area is 109 Å². The Morgan fingerprint density at radius 2 is 2.33 bits per heavy atom. The Morgan fingerprint density at radius 3 is 2.94 bits per heavy atom. The molecule has 4 nitrogen and oxygen atoms in total. The molecule has 1 fully saturated rings. The summed E-state index contributed by atoms with van der Waals surface area (Å²) in [6, 6.07) is 2.02. The molecule has 0 aliphatic carbocycles. The van der Waals surface area contributed by atoms with Crippen molar-refractivity contribution in [3.63, 3.8) is 0 Å². The molecule has 0 bridgehead atoms. The molecular formula is C14H24N2O2. The lowest BCUT2D eigenvalue weighted by molar-refractivity contribution is 0.0105. The van der Waals surface area contributed by atoms with Crippen LogP contribution in [-0.2, 0) is 6.54 Å². The maximum atomic E-state index is 9.76. The number of nitrogens with zero attached hydrogens (tertiary/aromatic N) is 2. The van der Waals surface area contributed by atoms with Crippen molar-refractivity contribution in [2.75, 3.05) is 40.3 Å². The highest BCUT2D eigenvalue weighted by Crippen LogP contribution is 2.31. The monoisotopic (exact) mass is 252 g/mol. The molecule has 2 heterocycles. The van der Waals surface area contributed by atoms with E-state index in [1.807, 2.05) is 6.07 Å². The van der Waals surface area contributed by atoms with Gasteiger partial charge in [-0.15, -0.1) is 0 Å². The van der Waals surface area contributed by atoms with E-state index in [0.717, 1.165) is 39.0 Å². The van der Waals surface area contributed by atoms with Crippen molar-refractivity contribution in [3.8, 4) is 0 Å². The molecule has 0 radical (unpaired) electrons. The fourth-order valence-electron chi connectivity index (χ4n) is 3.06. The summed E-state index contributed by atoms with van der Waals surface area (Å²) in [5.41, 5.74) is 1.25. The van der Waals surface area contributed by atoms with Crippen molar-refractivity contribution >= 4 is 0 Å². The summed E-state index contributed by atoms with van der Waals surface area (Å²) in [5, 5.41) is 9.76. The van der Waals surface area contributed by atoms with Gasteiger partial charge in [0.25, 0.3) is 0 Å². The normalized spacial score (nSPS) is 25.8. The summed E-state index contributed by atoms with van der Waals surface area (Å²) in [6.45, 7) is 4.22. The Kier molecular flexibility index (Phi) is 4.43. The summed E-state index contributed by atoms with van der Waals surface area (Å²) in [7, 11) is 4.15. The van der Waals surface area contributed by atoms with E-state index in [9.17, 15) is 5.11 Å². The van der Waals surface area contributed by atoms with E-state index in [4.69, 9.17) is 4.42 Å². The maximum Gasteiger partial charge on any atom is 0.0947 e. The Bertz CT molecular complexity index is 351. The van der Waals surface area contributed by atoms with Gasteiger partial charge in [0.15, 0.2) is 0 Å². The van der Waals surface area contributed by atoms with Crippen molar-refractivity contribution in [3.05, 3.63) is 24.2 Å². The fourth-order valence-corrected chi connectivity index (χ4v) is 3.06. The first-order chi connectivity index (χ1) is 8.63. The highest BCUT2D eigenvalue weighted by atomic mass is 16.3. The first-order valence-corrected chi connectivity index (χ1v) is 6.63. The molecule has 0 saturated carbocycles. The molecule has 2 rings (SSSR count). The van der Waals surface area contributed by atoms with Gasteiger partial charge in [-0.25, -0.2) is 0 Å². The molecule has 0 amide bonds. The predicted octanol–water partition coefficient (Wildman–Crippen LogP) is 1.42. The van der Waals surface area contributed by atoms with Gasteiger partial charge >= 0.3 is 0 Å². The predicted molar refractivity (Wildman–Crippen MR) is 71.3 cm³/mol. The third-order valence-electron chi connectivity index (χ3n) is 3.71. The highest BCUT2D eigenvalue weighted by Gasteiger charge is 2.35. The molecule has 1 aromatic heterocycles. The second-order valence-electron chi connectivity index (χ2n) is 5.84. The Balaban J connectivity index is 1.98. The number of piperidine rings is 1. The first kappa shape index (κ1) is 13.6. The van der Waals surface area contributed by atoms with Crippen LogP contribution in [0.25, 0.3) is 0 Å². The van der Waals surface area contributed by atoms with Gasteiger partial charge in [0.05, 0.1) is 19.1 Å². The van der Waals surface area contributed by atoms with Crippen molar-refractivity contribution < 1.29 is 9.52 Å². The maximum absolute atomic E-state index is 9.76. The van der Waals surface area contributed by atoms with E-state index >= 15 is 0 Å². The van der Waals surface area contributed by atoms with Crippen LogP contribution in [-0.4, -0.2) is 55.2 Å². The Morgan fingerprint density at radius 1 is 1.50 bits per heavy atom. The summed E-state index contributed by atoms with van der Waals surface area (Å²) >= 11 is 0. The quantitative estimate of drug-likeness (QED) is 0.860. The van der Waals surface area contributed by atoms with Crippen LogP contribution < -0.4 is 0 Å². The zero-order valence-corrected chi connectivity index (χ0v) is 11.4. The summed E-state index contributed by atoms with van der Waals surface area (Å²) in [6.07, 6.45) is 5.80. The van der Waals surface area contributed by atoms with Gasteiger partial charge in [0.2, 0.25) is 0 Å². The summed E-state index contributed by atoms with van der Waals surface area (Å²) in [4.78, 5) is 4.60. The number of rotatable bonds is 5. The Hall–Kier alpha value is -0.840. The standard InChI is InChI=1S/C14H24N2O2/c1-15(2)10-14(12-17)5-3-6-16(11-14)8-13-4-7-18-9-13/h4,7,9,17H,3,5-6,8,10-12H2,1-2H3/t14-/m0/s1. The molecule has 1 aliphatic heterocycles. The molecule has 1 N–H and O–H groups in total. The minimum atomic E-state index is 0.0332. The zero-order chi connectivity index (χ0) is 13.0. The number of hydrogen-bond donors (Lipinski definition) is 1. The summed E-state index contributed by atoms with van der Waals surface area (Å²) in [5.74, 6) is 0. The average Bonchev–Trinajstić information content (AvgIpc) is 2.81. The third kappa shape index (κ3) is 3.34. The minimum Gasteiger partial charge on any atom is -0.472 e. The minimum absolute atomic E-state index is 0.0332. The molecule has 1 aromatic rings. The first-order valence-electron chi connectivity index (χ1n) is 6.63. The molecule has 102 valence electrons. The smallest absolute Gasteiger partial charge is 0.0947 e. The second kappa shape index (κ2) is 5.87. The van der Waals surface area contributed by atoms with E-state index in [-0.39, 0.29) is 12.0 Å². The topological polar surface area (TPSA) is 39.9 Å². The van der Waals surface area contributed by atoms with Gasteiger partial charge in [-0.05, 0) is 39.5 Å². The summed E-state index contributed by atoms with van der Waals surface area (Å²) < 4.78 is 5.11. The molecule has 4 heteroatoms. The largest absolute Gasteiger partial charge is 0.472 e. The fraction of sp³-hybridized carbons (Fsp3) is 0.714. The lowest BCUT2D eigenvalue weighted by atomic mass is 9.80. The zero-order valence-electron chi connectivity index (χ0n) is 11.4. The molecule has 1 atom stereocenters. The van der Waals surface area contributed by atoms with Crippen LogP contribution in [0, 0.1) is 5.41 Å². The van der Waals surface area contributed by atoms with Crippen LogP contribution in [0.2, 0.25) is 0 Å². The molecule has 0 spiro atoms. The van der Waals surface area contributed by atoms with E-state index in [1.54, 1.807) is 12.5 Å². The SMILES string of the molecule is CN(C)C[C@@]1(CO)CCCN(Cc2ccoc2)C1. The van der Waals surface area contributed by atoms with Gasteiger partial charge in [0.1, 0.15) is 0 Å². The van der Waals surface area contributed by atoms with Gasteiger partial charge in [-0.1, -0.05) is 0 Å². The van der Waals surface area contributed by atoms with E-state index in [2.05, 4.69) is 23.9 Å². The van der Waals surface area contributed by atoms with Crippen LogP contribution >= 0.6 is 0 Å². The van der Waals surface area contributed by atoms with Gasteiger partial charge in [-0.3, -0.25) is 4.90 Å². The molecule has 1 aliphatic rings. The third-order valence-corrected chi connectivity index (χ3v) is 3.71. The molecule has 1 saturated heterocycles. The average molecular weight is 252 g/mol. The van der Waals surface area contributed by atoms with E-state index in [0.29, 0.717) is 0 Å². The number of aliphatic hydroxyl groups is 1. The second-order valence-corrected chi connectivity index (χ2v) is 5.84. The van der Waals surface area contributed by atoms with Crippen LogP contribution in [0.1, 0.15) is 18.4 Å². The van der Waals surface area contributed by atoms with Crippen LogP contribution in [0.4, 0.5) is 0 Å². The van der Waals surface area contributed by atoms with Gasteiger partial charge in [0, 0.05) is 30.6 Å². The molecule has 0 unspecified atom stereocenters. The lowest BCUT2D eigenvalue weighted by Gasteiger charge is -2.43. The molecule has 0 aromatic carbocycles. The number of likely N-dealkylation sites (tertiary alicyclic amines) is 1. The molecule has 18 heavy (non-hydrogen) atoms. The number of hydrogen-bond acceptors (Lipinski definition) is 4. The number of furan rings is 1. The van der Waals surface area contributed by atoms with Crippen molar-refractivity contribution in [2.45, 2.75) is 19.4 Å². The van der Waals surface area contributed by atoms with Crippen molar-refractivity contribution in [1.29, 1.82) is 0 Å². The van der Waals surface area contributed by atoms with Crippen LogP contribution in [0.3, 0.4) is 0 Å². The van der Waals surface area contributed by atoms with Crippen molar-refractivity contribution in [2.24, 2.45) is 5.41 Å². The van der Waals surface area contributed by atoms with E-state index < -0.39 is 0 Å². The van der Waals surface area contributed by atoms with Gasteiger partial charge in [-0.2, -0.15) is 0 Å².